The highest BCUT2D eigenvalue weighted by molar-refractivity contribution is 5.94. The van der Waals surface area contributed by atoms with E-state index in [0.29, 0.717) is 24.8 Å². The fourth-order valence-electron chi connectivity index (χ4n) is 3.15. The van der Waals surface area contributed by atoms with Gasteiger partial charge in [-0.15, -0.1) is 0 Å². The molecule has 2 rings (SSSR count). The molecular weight excluding hydrogens is 290 g/mol. The third-order valence-corrected chi connectivity index (χ3v) is 4.32. The average Bonchev–Trinajstić information content (AvgIpc) is 2.56. The molecule has 2 heterocycles. The molecule has 5 heteroatoms. The zero-order valence-corrected chi connectivity index (χ0v) is 14.8. The molecule has 1 amide bonds. The first kappa shape index (κ1) is 17.7. The fraction of sp³-hybridized carbons (Fsp3) is 0.667. The number of anilines is 1. The number of amides is 1. The molecule has 1 aliphatic rings. The minimum atomic E-state index is 0.0565. The zero-order valence-electron chi connectivity index (χ0n) is 14.8. The molecule has 23 heavy (non-hydrogen) atoms. The second-order valence-corrected chi connectivity index (χ2v) is 6.26. The number of nitrogens with zero attached hydrogens (tertiary/aromatic N) is 3. The van der Waals surface area contributed by atoms with Crippen LogP contribution >= 0.6 is 0 Å². The van der Waals surface area contributed by atoms with Crippen LogP contribution in [0.2, 0.25) is 0 Å². The number of piperidine rings is 1. The van der Waals surface area contributed by atoms with Gasteiger partial charge in [0.25, 0.3) is 5.91 Å². The first-order valence-electron chi connectivity index (χ1n) is 8.70. The Morgan fingerprint density at radius 1 is 1.43 bits per heavy atom. The smallest absolute Gasteiger partial charge is 0.255 e. The van der Waals surface area contributed by atoms with Gasteiger partial charge in [0.1, 0.15) is 5.82 Å². The summed E-state index contributed by atoms with van der Waals surface area (Å²) in [7, 11) is 0. The van der Waals surface area contributed by atoms with E-state index in [9.17, 15) is 4.79 Å². The maximum atomic E-state index is 12.7. The average molecular weight is 319 g/mol. The second-order valence-electron chi connectivity index (χ2n) is 6.26. The summed E-state index contributed by atoms with van der Waals surface area (Å²) >= 11 is 0. The van der Waals surface area contributed by atoms with Crippen molar-refractivity contribution >= 4 is 11.7 Å². The van der Waals surface area contributed by atoms with Crippen LogP contribution in [-0.4, -0.2) is 54.2 Å². The van der Waals surface area contributed by atoms with Crippen LogP contribution in [0, 0.1) is 0 Å². The highest BCUT2D eigenvalue weighted by atomic mass is 16.5. The lowest BCUT2D eigenvalue weighted by Gasteiger charge is -2.32. The molecule has 0 saturated carbocycles. The van der Waals surface area contributed by atoms with E-state index in [2.05, 4.69) is 30.7 Å². The van der Waals surface area contributed by atoms with Crippen LogP contribution in [0.5, 0.6) is 0 Å². The molecule has 0 bridgehead atoms. The summed E-state index contributed by atoms with van der Waals surface area (Å²) in [6.45, 7) is 11.5. The van der Waals surface area contributed by atoms with Gasteiger partial charge in [-0.05, 0) is 52.7 Å². The van der Waals surface area contributed by atoms with E-state index in [0.717, 1.165) is 31.7 Å². The van der Waals surface area contributed by atoms with Crippen LogP contribution < -0.4 is 4.90 Å². The van der Waals surface area contributed by atoms with Gasteiger partial charge in [-0.2, -0.15) is 0 Å². The van der Waals surface area contributed by atoms with Gasteiger partial charge < -0.3 is 14.5 Å². The Morgan fingerprint density at radius 3 is 2.78 bits per heavy atom. The highest BCUT2D eigenvalue weighted by Gasteiger charge is 2.25. The summed E-state index contributed by atoms with van der Waals surface area (Å²) in [5.74, 6) is 0.978. The number of carbonyl (C=O) groups excluding carboxylic acids is 1. The SMILES string of the molecule is CCO[C@H]1CCCN(C(=O)c2ccc(N(CC)C(C)C)nc2)C1. The van der Waals surface area contributed by atoms with Crippen molar-refractivity contribution in [1.82, 2.24) is 9.88 Å². The van der Waals surface area contributed by atoms with E-state index in [1.54, 1.807) is 6.20 Å². The molecule has 1 aromatic rings. The summed E-state index contributed by atoms with van der Waals surface area (Å²) in [4.78, 5) is 21.2. The standard InChI is InChI=1S/C18H29N3O2/c1-5-21(14(3)4)17-10-9-15(12-19-17)18(22)20-11-7-8-16(13-20)23-6-2/h9-10,12,14,16H,5-8,11,13H2,1-4H3/t16-/m0/s1. The quantitative estimate of drug-likeness (QED) is 0.809. The van der Waals surface area contributed by atoms with Gasteiger partial charge in [-0.25, -0.2) is 4.98 Å². The fourth-order valence-corrected chi connectivity index (χ4v) is 3.15. The molecular formula is C18H29N3O2. The number of carbonyl (C=O) groups is 1. The number of aromatic nitrogens is 1. The van der Waals surface area contributed by atoms with Crippen LogP contribution in [0.4, 0.5) is 5.82 Å². The van der Waals surface area contributed by atoms with Crippen LogP contribution in [0.3, 0.4) is 0 Å². The van der Waals surface area contributed by atoms with Crippen molar-refractivity contribution in [3.63, 3.8) is 0 Å². The molecule has 5 nitrogen and oxygen atoms in total. The topological polar surface area (TPSA) is 45.7 Å². The molecule has 0 radical (unpaired) electrons. The summed E-state index contributed by atoms with van der Waals surface area (Å²) in [6, 6.07) is 4.23. The molecule has 0 spiro atoms. The number of likely N-dealkylation sites (tertiary alicyclic amines) is 1. The molecule has 0 aliphatic carbocycles. The van der Waals surface area contributed by atoms with Gasteiger partial charge in [0.2, 0.25) is 0 Å². The van der Waals surface area contributed by atoms with Gasteiger partial charge in [-0.3, -0.25) is 4.79 Å². The number of rotatable bonds is 6. The summed E-state index contributed by atoms with van der Waals surface area (Å²) in [5, 5.41) is 0. The Hall–Kier alpha value is -1.62. The Morgan fingerprint density at radius 2 is 2.22 bits per heavy atom. The largest absolute Gasteiger partial charge is 0.377 e. The first-order chi connectivity index (χ1) is 11.1. The van der Waals surface area contributed by atoms with E-state index in [4.69, 9.17) is 4.74 Å². The summed E-state index contributed by atoms with van der Waals surface area (Å²) < 4.78 is 5.67. The van der Waals surface area contributed by atoms with Crippen molar-refractivity contribution in [2.75, 3.05) is 31.1 Å². The maximum Gasteiger partial charge on any atom is 0.255 e. The van der Waals surface area contributed by atoms with Crippen LogP contribution in [-0.2, 0) is 4.74 Å². The number of hydrogen-bond acceptors (Lipinski definition) is 4. The predicted octanol–water partition coefficient (Wildman–Crippen LogP) is 2.96. The minimum absolute atomic E-state index is 0.0565. The van der Waals surface area contributed by atoms with Crippen molar-refractivity contribution in [2.45, 2.75) is 52.7 Å². The monoisotopic (exact) mass is 319 g/mol. The molecule has 0 aromatic carbocycles. The Kier molecular flexibility index (Phi) is 6.39. The lowest BCUT2D eigenvalue weighted by atomic mass is 10.1. The third kappa shape index (κ3) is 4.44. The molecule has 1 aliphatic heterocycles. The van der Waals surface area contributed by atoms with Crippen molar-refractivity contribution < 1.29 is 9.53 Å². The lowest BCUT2D eigenvalue weighted by molar-refractivity contribution is 0.00723. The molecule has 0 unspecified atom stereocenters. The number of pyridine rings is 1. The third-order valence-electron chi connectivity index (χ3n) is 4.32. The van der Waals surface area contributed by atoms with Gasteiger partial charge >= 0.3 is 0 Å². The molecule has 1 fully saturated rings. The van der Waals surface area contributed by atoms with Gasteiger partial charge in [-0.1, -0.05) is 0 Å². The summed E-state index contributed by atoms with van der Waals surface area (Å²) in [5.41, 5.74) is 0.658. The zero-order chi connectivity index (χ0) is 16.8. The highest BCUT2D eigenvalue weighted by Crippen LogP contribution is 2.18. The Balaban J connectivity index is 2.05. The molecule has 1 aromatic heterocycles. The van der Waals surface area contributed by atoms with Crippen molar-refractivity contribution in [3.05, 3.63) is 23.9 Å². The van der Waals surface area contributed by atoms with E-state index in [-0.39, 0.29) is 12.0 Å². The molecule has 128 valence electrons. The van der Waals surface area contributed by atoms with Crippen LogP contribution in [0.1, 0.15) is 50.9 Å². The van der Waals surface area contributed by atoms with E-state index < -0.39 is 0 Å². The molecule has 1 atom stereocenters. The van der Waals surface area contributed by atoms with Gasteiger partial charge in [0.15, 0.2) is 0 Å². The van der Waals surface area contributed by atoms with E-state index >= 15 is 0 Å². The first-order valence-corrected chi connectivity index (χ1v) is 8.70. The van der Waals surface area contributed by atoms with E-state index in [1.807, 2.05) is 24.0 Å². The van der Waals surface area contributed by atoms with Gasteiger partial charge in [0.05, 0.1) is 11.7 Å². The lowest BCUT2D eigenvalue weighted by Crippen LogP contribution is -2.43. The van der Waals surface area contributed by atoms with Crippen molar-refractivity contribution in [1.29, 1.82) is 0 Å². The maximum absolute atomic E-state index is 12.7. The minimum Gasteiger partial charge on any atom is -0.377 e. The molecule has 0 N–H and O–H groups in total. The van der Waals surface area contributed by atoms with Crippen molar-refractivity contribution in [2.24, 2.45) is 0 Å². The van der Waals surface area contributed by atoms with Crippen molar-refractivity contribution in [3.8, 4) is 0 Å². The number of hydrogen-bond donors (Lipinski definition) is 0. The summed E-state index contributed by atoms with van der Waals surface area (Å²) in [6.07, 6.45) is 3.90. The van der Waals surface area contributed by atoms with Crippen LogP contribution in [0.15, 0.2) is 18.3 Å². The van der Waals surface area contributed by atoms with E-state index in [1.165, 1.54) is 0 Å². The normalized spacial score (nSPS) is 18.3. The Labute approximate surface area is 139 Å². The predicted molar refractivity (Wildman–Crippen MR) is 92.9 cm³/mol. The molecule has 1 saturated heterocycles. The number of ether oxygens (including phenoxy) is 1. The Bertz CT molecular complexity index is 499. The van der Waals surface area contributed by atoms with Crippen LogP contribution in [0.25, 0.3) is 0 Å². The van der Waals surface area contributed by atoms with Gasteiger partial charge in [0, 0.05) is 38.5 Å². The second kappa shape index (κ2) is 8.29.